The van der Waals surface area contributed by atoms with Crippen LogP contribution in [-0.2, 0) is 14.3 Å². The van der Waals surface area contributed by atoms with Gasteiger partial charge in [-0.2, -0.15) is 0 Å². The summed E-state index contributed by atoms with van der Waals surface area (Å²) < 4.78 is 6.08. The van der Waals surface area contributed by atoms with Crippen molar-refractivity contribution in [2.75, 3.05) is 11.5 Å². The number of anilines is 1. The van der Waals surface area contributed by atoms with Crippen molar-refractivity contribution >= 4 is 45.2 Å². The Labute approximate surface area is 222 Å². The van der Waals surface area contributed by atoms with Crippen LogP contribution in [0.15, 0.2) is 83.3 Å². The third-order valence-electron chi connectivity index (χ3n) is 8.08. The predicted octanol–water partition coefficient (Wildman–Crippen LogP) is 5.42. The molecule has 0 unspecified atom stereocenters. The standard InChI is InChI=1S/C30H24BrNO5/c31-21-11-9-18(10-12-21)25(33)16-37-30(36)19-7-4-8-22(13-19)32-28(34)26-20-14-23(17-5-2-1-3-6-17)24(15-20)27(26)29(32)35/h1-13,20,23-24,26-27H,14-16H2/t20-,23-,24+,26+,27-/m0/s1. The van der Waals surface area contributed by atoms with Crippen molar-refractivity contribution in [1.82, 2.24) is 0 Å². The molecule has 0 aromatic heterocycles. The number of fused-ring (bicyclic) bond motifs is 5. The van der Waals surface area contributed by atoms with Crippen LogP contribution in [0, 0.1) is 23.7 Å². The van der Waals surface area contributed by atoms with Crippen LogP contribution >= 0.6 is 15.9 Å². The number of imide groups is 1. The van der Waals surface area contributed by atoms with Gasteiger partial charge in [0.1, 0.15) is 0 Å². The molecule has 2 bridgehead atoms. The Balaban J connectivity index is 1.18. The second-order valence-corrected chi connectivity index (χ2v) is 10.9. The van der Waals surface area contributed by atoms with Gasteiger partial charge in [0.05, 0.1) is 23.1 Å². The highest BCUT2D eigenvalue weighted by Crippen LogP contribution is 2.61. The van der Waals surface area contributed by atoms with Crippen molar-refractivity contribution in [2.45, 2.75) is 18.8 Å². The van der Waals surface area contributed by atoms with Gasteiger partial charge in [0, 0.05) is 10.0 Å². The number of hydrogen-bond acceptors (Lipinski definition) is 5. The minimum absolute atomic E-state index is 0.150. The van der Waals surface area contributed by atoms with Crippen LogP contribution in [0.4, 0.5) is 5.69 Å². The number of amides is 2. The molecule has 7 heteroatoms. The molecule has 1 saturated heterocycles. The molecule has 0 N–H and O–H groups in total. The average Bonchev–Trinajstić information content (AvgIpc) is 3.59. The van der Waals surface area contributed by atoms with Gasteiger partial charge in [0.25, 0.3) is 0 Å². The quantitative estimate of drug-likeness (QED) is 0.230. The monoisotopic (exact) mass is 557 g/mol. The maximum absolute atomic E-state index is 13.6. The molecule has 5 atom stereocenters. The van der Waals surface area contributed by atoms with E-state index in [0.29, 0.717) is 11.3 Å². The van der Waals surface area contributed by atoms with Crippen molar-refractivity contribution in [1.29, 1.82) is 0 Å². The second-order valence-electron chi connectivity index (χ2n) is 10.0. The van der Waals surface area contributed by atoms with Crippen LogP contribution in [0.1, 0.15) is 45.0 Å². The molecule has 2 amide bonds. The van der Waals surface area contributed by atoms with Crippen LogP contribution in [-0.4, -0.2) is 30.2 Å². The Bertz CT molecular complexity index is 1400. The fourth-order valence-electron chi connectivity index (χ4n) is 6.50. The molecular weight excluding hydrogens is 534 g/mol. The first-order valence-corrected chi connectivity index (χ1v) is 13.2. The highest BCUT2D eigenvalue weighted by molar-refractivity contribution is 9.10. The van der Waals surface area contributed by atoms with Gasteiger partial charge in [0.15, 0.2) is 12.4 Å². The number of hydrogen-bond donors (Lipinski definition) is 0. The Hall–Kier alpha value is -3.58. The summed E-state index contributed by atoms with van der Waals surface area (Å²) in [5, 5.41) is 0. The molecule has 6 nitrogen and oxygen atoms in total. The third-order valence-corrected chi connectivity index (χ3v) is 8.61. The summed E-state index contributed by atoms with van der Waals surface area (Å²) >= 11 is 3.32. The largest absolute Gasteiger partial charge is 0.454 e. The molecule has 3 aromatic carbocycles. The molecule has 3 aliphatic rings. The maximum Gasteiger partial charge on any atom is 0.338 e. The fourth-order valence-corrected chi connectivity index (χ4v) is 6.77. The van der Waals surface area contributed by atoms with E-state index in [-0.39, 0.29) is 52.8 Å². The van der Waals surface area contributed by atoms with Crippen LogP contribution in [0.3, 0.4) is 0 Å². The van der Waals surface area contributed by atoms with Crippen LogP contribution in [0.25, 0.3) is 0 Å². The van der Waals surface area contributed by atoms with Gasteiger partial charge < -0.3 is 4.74 Å². The number of halogens is 1. The lowest BCUT2D eigenvalue weighted by molar-refractivity contribution is -0.123. The highest BCUT2D eigenvalue weighted by atomic mass is 79.9. The molecule has 2 aliphatic carbocycles. The Morgan fingerprint density at radius 3 is 2.32 bits per heavy atom. The van der Waals surface area contributed by atoms with E-state index in [9.17, 15) is 19.2 Å². The molecule has 1 aliphatic heterocycles. The lowest BCUT2D eigenvalue weighted by atomic mass is 9.73. The topological polar surface area (TPSA) is 80.8 Å². The molecule has 6 rings (SSSR count). The average molecular weight is 558 g/mol. The lowest BCUT2D eigenvalue weighted by Crippen LogP contribution is -2.33. The zero-order valence-electron chi connectivity index (χ0n) is 19.9. The summed E-state index contributed by atoms with van der Waals surface area (Å²) in [5.74, 6) is -1.35. The van der Waals surface area contributed by atoms with E-state index in [1.54, 1.807) is 42.5 Å². The molecule has 0 radical (unpaired) electrons. The number of ketones is 1. The summed E-state index contributed by atoms with van der Waals surface area (Å²) in [6, 6.07) is 23.4. The summed E-state index contributed by atoms with van der Waals surface area (Å²) in [6.45, 7) is -0.402. The highest BCUT2D eigenvalue weighted by Gasteiger charge is 2.64. The first-order valence-electron chi connectivity index (χ1n) is 12.4. The number of ether oxygens (including phenoxy) is 1. The minimum atomic E-state index is -0.684. The summed E-state index contributed by atoms with van der Waals surface area (Å²) in [6.07, 6.45) is 1.82. The van der Waals surface area contributed by atoms with Crippen molar-refractivity contribution in [2.24, 2.45) is 23.7 Å². The number of carbonyl (C=O) groups excluding carboxylic acids is 4. The van der Waals surface area contributed by atoms with Gasteiger partial charge >= 0.3 is 5.97 Å². The van der Waals surface area contributed by atoms with Gasteiger partial charge in [-0.05, 0) is 66.5 Å². The number of rotatable bonds is 6. The van der Waals surface area contributed by atoms with Gasteiger partial charge in [-0.1, -0.05) is 64.5 Å². The number of Topliss-reactive ketones (excluding diaryl/α,β-unsaturated/α-hetero) is 1. The van der Waals surface area contributed by atoms with E-state index < -0.39 is 12.6 Å². The molecule has 1 heterocycles. The Morgan fingerprint density at radius 1 is 0.838 bits per heavy atom. The fraction of sp³-hybridized carbons (Fsp3) is 0.267. The van der Waals surface area contributed by atoms with E-state index in [1.165, 1.54) is 16.5 Å². The normalized spacial score (nSPS) is 25.9. The smallest absolute Gasteiger partial charge is 0.338 e. The van der Waals surface area contributed by atoms with E-state index in [4.69, 9.17) is 4.74 Å². The predicted molar refractivity (Wildman–Crippen MR) is 140 cm³/mol. The van der Waals surface area contributed by atoms with Gasteiger partial charge in [-0.3, -0.25) is 19.3 Å². The van der Waals surface area contributed by atoms with Gasteiger partial charge in [-0.15, -0.1) is 0 Å². The van der Waals surface area contributed by atoms with E-state index >= 15 is 0 Å². The van der Waals surface area contributed by atoms with Crippen molar-refractivity contribution in [3.8, 4) is 0 Å². The lowest BCUT2D eigenvalue weighted by Gasteiger charge is -2.28. The van der Waals surface area contributed by atoms with Crippen LogP contribution < -0.4 is 4.90 Å². The Kier molecular flexibility index (Phi) is 6.03. The number of carbonyl (C=O) groups is 4. The maximum atomic E-state index is 13.6. The molecular formula is C30H24BrNO5. The van der Waals surface area contributed by atoms with Gasteiger partial charge in [0.2, 0.25) is 11.8 Å². The molecule has 2 saturated carbocycles. The van der Waals surface area contributed by atoms with Crippen molar-refractivity contribution in [3.05, 3.63) is 100 Å². The zero-order chi connectivity index (χ0) is 25.7. The summed E-state index contributed by atoms with van der Waals surface area (Å²) in [7, 11) is 0. The summed E-state index contributed by atoms with van der Waals surface area (Å²) in [4.78, 5) is 53.4. The van der Waals surface area contributed by atoms with Crippen LogP contribution in [0.2, 0.25) is 0 Å². The van der Waals surface area contributed by atoms with E-state index in [1.807, 2.05) is 18.2 Å². The molecule has 186 valence electrons. The van der Waals surface area contributed by atoms with Crippen LogP contribution in [0.5, 0.6) is 0 Å². The molecule has 3 aromatic rings. The minimum Gasteiger partial charge on any atom is -0.454 e. The third kappa shape index (κ3) is 4.11. The SMILES string of the molecule is O=C(COC(=O)c1cccc(N2C(=O)[C@@H]3[C@@H]4C[C@@H]([C@@H]3C2=O)[C@H](c2ccccc2)C4)c1)c1ccc(Br)cc1. The van der Waals surface area contributed by atoms with Crippen molar-refractivity contribution < 1.29 is 23.9 Å². The first-order chi connectivity index (χ1) is 17.9. The number of nitrogens with zero attached hydrogens (tertiary/aromatic N) is 1. The Morgan fingerprint density at radius 2 is 1.57 bits per heavy atom. The molecule has 0 spiro atoms. The number of benzene rings is 3. The number of esters is 1. The molecule has 37 heavy (non-hydrogen) atoms. The summed E-state index contributed by atoms with van der Waals surface area (Å²) in [5.41, 5.74) is 2.22. The second kappa shape index (κ2) is 9.38. The first kappa shape index (κ1) is 23.8. The van der Waals surface area contributed by atoms with E-state index in [0.717, 1.165) is 17.3 Å². The zero-order valence-corrected chi connectivity index (χ0v) is 21.5. The van der Waals surface area contributed by atoms with Crippen molar-refractivity contribution in [3.63, 3.8) is 0 Å². The molecule has 3 fully saturated rings. The van der Waals surface area contributed by atoms with Gasteiger partial charge in [-0.25, -0.2) is 4.79 Å². The van der Waals surface area contributed by atoms with E-state index in [2.05, 4.69) is 28.1 Å².